The molecule has 1 unspecified atom stereocenters. The number of benzene rings is 2. The Bertz CT molecular complexity index is 1490. The maximum atomic E-state index is 14.0. The number of carboxylic acid groups (broad SMARTS) is 1. The highest BCUT2D eigenvalue weighted by atomic mass is 35.5. The van der Waals surface area contributed by atoms with Gasteiger partial charge in [0.25, 0.3) is 0 Å². The molecule has 0 fully saturated rings. The highest BCUT2D eigenvalue weighted by Crippen LogP contribution is 2.38. The van der Waals surface area contributed by atoms with Gasteiger partial charge in [0, 0.05) is 42.5 Å². The number of carbonyl (C=O) groups is 1. The number of rotatable bonds is 6. The maximum absolute atomic E-state index is 14.0. The third-order valence-electron chi connectivity index (χ3n) is 6.90. The summed E-state index contributed by atoms with van der Waals surface area (Å²) in [6.07, 6.45) is -0.246. The Morgan fingerprint density at radius 3 is 2.60 bits per heavy atom. The van der Waals surface area contributed by atoms with Gasteiger partial charge in [-0.1, -0.05) is 35.9 Å². The fourth-order valence-corrected chi connectivity index (χ4v) is 5.46. The SMILES string of the molecule is Cc1ccc2c(n1)n([C@H](CC(=O)O)c1ccc(Cl)cc1)c(=O)n2CC1CN(C)c2cccc(C)c21. The summed E-state index contributed by atoms with van der Waals surface area (Å²) in [4.78, 5) is 32.8. The number of hydrogen-bond donors (Lipinski definition) is 1. The fourth-order valence-electron chi connectivity index (χ4n) is 5.33. The summed E-state index contributed by atoms with van der Waals surface area (Å²) in [6.45, 7) is 5.25. The van der Waals surface area contributed by atoms with Crippen molar-refractivity contribution in [2.75, 3.05) is 18.5 Å². The van der Waals surface area contributed by atoms with Crippen molar-refractivity contribution in [3.63, 3.8) is 0 Å². The normalized spacial score (nSPS) is 16.0. The molecule has 0 spiro atoms. The summed E-state index contributed by atoms with van der Waals surface area (Å²) in [5.74, 6) is -0.866. The number of fused-ring (bicyclic) bond motifs is 2. The zero-order valence-corrected chi connectivity index (χ0v) is 20.7. The van der Waals surface area contributed by atoms with Crippen molar-refractivity contribution in [3.05, 3.63) is 92.5 Å². The number of aryl methyl sites for hydroxylation is 2. The van der Waals surface area contributed by atoms with Crippen LogP contribution in [0.4, 0.5) is 5.69 Å². The predicted molar refractivity (Wildman–Crippen MR) is 138 cm³/mol. The average molecular weight is 491 g/mol. The van der Waals surface area contributed by atoms with Gasteiger partial charge < -0.3 is 10.0 Å². The molecule has 7 nitrogen and oxygen atoms in total. The van der Waals surface area contributed by atoms with Crippen LogP contribution in [0.5, 0.6) is 0 Å². The number of pyridine rings is 1. The molecule has 5 rings (SSSR count). The van der Waals surface area contributed by atoms with Gasteiger partial charge in [-0.2, -0.15) is 0 Å². The molecule has 1 N–H and O–H groups in total. The highest BCUT2D eigenvalue weighted by molar-refractivity contribution is 6.30. The van der Waals surface area contributed by atoms with E-state index in [1.54, 1.807) is 28.8 Å². The first kappa shape index (κ1) is 23.2. The number of halogens is 1. The standard InChI is InChI=1S/C27H27ClN4O3/c1-16-5-4-6-21-25(16)19(14-30(21)3)15-31-22-12-7-17(2)29-26(22)32(27(31)35)23(13-24(33)34)18-8-10-20(28)11-9-18/h4-12,19,23H,13-15H2,1-3H3,(H,33,34)/t19?,23-/m1/s1. The molecular formula is C27H27ClN4O3. The van der Waals surface area contributed by atoms with Crippen LogP contribution in [-0.2, 0) is 11.3 Å². The average Bonchev–Trinajstić information content (AvgIpc) is 3.27. The van der Waals surface area contributed by atoms with Gasteiger partial charge in [-0.15, -0.1) is 0 Å². The summed E-state index contributed by atoms with van der Waals surface area (Å²) in [6, 6.07) is 16.3. The molecule has 0 aliphatic carbocycles. The summed E-state index contributed by atoms with van der Waals surface area (Å²) in [7, 11) is 2.07. The van der Waals surface area contributed by atoms with Crippen molar-refractivity contribution >= 4 is 34.4 Å². The first-order valence-electron chi connectivity index (χ1n) is 11.6. The second kappa shape index (κ2) is 8.89. The molecule has 0 saturated carbocycles. The van der Waals surface area contributed by atoms with Crippen molar-refractivity contribution < 1.29 is 9.90 Å². The number of nitrogens with zero attached hydrogens (tertiary/aromatic N) is 4. The first-order valence-corrected chi connectivity index (χ1v) is 12.0. The lowest BCUT2D eigenvalue weighted by Crippen LogP contribution is -2.31. The lowest BCUT2D eigenvalue weighted by Gasteiger charge is -2.17. The second-order valence-corrected chi connectivity index (χ2v) is 9.75. The maximum Gasteiger partial charge on any atom is 0.330 e. The summed E-state index contributed by atoms with van der Waals surface area (Å²) < 4.78 is 3.30. The molecule has 2 aromatic carbocycles. The van der Waals surface area contributed by atoms with Crippen LogP contribution in [0.2, 0.25) is 5.02 Å². The Morgan fingerprint density at radius 1 is 1.14 bits per heavy atom. The van der Waals surface area contributed by atoms with Gasteiger partial charge in [0.1, 0.15) is 0 Å². The van der Waals surface area contributed by atoms with Crippen LogP contribution >= 0.6 is 11.6 Å². The van der Waals surface area contributed by atoms with E-state index in [2.05, 4.69) is 37.1 Å². The van der Waals surface area contributed by atoms with Crippen LogP contribution in [0, 0.1) is 13.8 Å². The second-order valence-electron chi connectivity index (χ2n) is 9.31. The molecule has 2 atom stereocenters. The molecule has 35 heavy (non-hydrogen) atoms. The zero-order chi connectivity index (χ0) is 24.9. The van der Waals surface area contributed by atoms with Crippen molar-refractivity contribution in [2.45, 2.75) is 38.8 Å². The van der Waals surface area contributed by atoms with E-state index in [1.807, 2.05) is 19.1 Å². The molecule has 3 heterocycles. The lowest BCUT2D eigenvalue weighted by atomic mass is 9.96. The third kappa shape index (κ3) is 4.10. The molecule has 0 amide bonds. The molecule has 4 aromatic rings. The Labute approximate surface area is 208 Å². The van der Waals surface area contributed by atoms with Gasteiger partial charge >= 0.3 is 11.7 Å². The van der Waals surface area contributed by atoms with Crippen LogP contribution in [0.3, 0.4) is 0 Å². The van der Waals surface area contributed by atoms with Crippen molar-refractivity contribution in [2.24, 2.45) is 0 Å². The van der Waals surface area contributed by atoms with Crippen LogP contribution in [0.25, 0.3) is 11.2 Å². The minimum atomic E-state index is -0.993. The summed E-state index contributed by atoms with van der Waals surface area (Å²) >= 11 is 6.07. The number of likely N-dealkylation sites (N-methyl/N-ethyl adjacent to an activating group) is 1. The Morgan fingerprint density at radius 2 is 1.89 bits per heavy atom. The van der Waals surface area contributed by atoms with Crippen molar-refractivity contribution in [3.8, 4) is 0 Å². The molecule has 0 radical (unpaired) electrons. The van der Waals surface area contributed by atoms with E-state index in [-0.39, 0.29) is 18.0 Å². The van der Waals surface area contributed by atoms with E-state index >= 15 is 0 Å². The van der Waals surface area contributed by atoms with E-state index in [0.29, 0.717) is 28.3 Å². The summed E-state index contributed by atoms with van der Waals surface area (Å²) in [5.41, 5.74) is 6.03. The molecule has 0 bridgehead atoms. The molecule has 0 saturated heterocycles. The zero-order valence-electron chi connectivity index (χ0n) is 19.9. The van der Waals surface area contributed by atoms with Crippen LogP contribution in [-0.4, -0.2) is 38.8 Å². The quantitative estimate of drug-likeness (QED) is 0.421. The van der Waals surface area contributed by atoms with Gasteiger partial charge in [-0.25, -0.2) is 9.78 Å². The molecular weight excluding hydrogens is 464 g/mol. The third-order valence-corrected chi connectivity index (χ3v) is 7.15. The minimum Gasteiger partial charge on any atom is -0.481 e. The number of imidazole rings is 1. The smallest absolute Gasteiger partial charge is 0.330 e. The fraction of sp³-hybridized carbons (Fsp3) is 0.296. The number of anilines is 1. The summed E-state index contributed by atoms with van der Waals surface area (Å²) in [5, 5.41) is 10.3. The minimum absolute atomic E-state index is 0.128. The van der Waals surface area contributed by atoms with Crippen molar-refractivity contribution in [1.82, 2.24) is 14.1 Å². The van der Waals surface area contributed by atoms with Crippen LogP contribution in [0.15, 0.2) is 59.4 Å². The van der Waals surface area contributed by atoms with Gasteiger partial charge in [0.05, 0.1) is 18.0 Å². The highest BCUT2D eigenvalue weighted by Gasteiger charge is 2.31. The molecule has 1 aliphatic heterocycles. The lowest BCUT2D eigenvalue weighted by molar-refractivity contribution is -0.137. The topological polar surface area (TPSA) is 80.4 Å². The molecule has 8 heteroatoms. The molecule has 2 aromatic heterocycles. The van der Waals surface area contributed by atoms with Crippen molar-refractivity contribution in [1.29, 1.82) is 0 Å². The van der Waals surface area contributed by atoms with E-state index < -0.39 is 12.0 Å². The number of aromatic nitrogens is 3. The van der Waals surface area contributed by atoms with Crippen LogP contribution < -0.4 is 10.6 Å². The van der Waals surface area contributed by atoms with Gasteiger partial charge in [0.15, 0.2) is 5.65 Å². The van der Waals surface area contributed by atoms with Gasteiger partial charge in [0.2, 0.25) is 0 Å². The largest absolute Gasteiger partial charge is 0.481 e. The Balaban J connectivity index is 1.68. The van der Waals surface area contributed by atoms with E-state index in [0.717, 1.165) is 12.2 Å². The van der Waals surface area contributed by atoms with Crippen LogP contribution in [0.1, 0.15) is 40.8 Å². The number of aliphatic carboxylic acids is 1. The van der Waals surface area contributed by atoms with Gasteiger partial charge in [-0.3, -0.25) is 13.9 Å². The Kier molecular flexibility index (Phi) is 5.89. The number of hydrogen-bond acceptors (Lipinski definition) is 4. The van der Waals surface area contributed by atoms with E-state index in [4.69, 9.17) is 16.6 Å². The predicted octanol–water partition coefficient (Wildman–Crippen LogP) is 4.77. The first-order chi connectivity index (χ1) is 16.7. The van der Waals surface area contributed by atoms with Gasteiger partial charge in [-0.05, 0) is 60.9 Å². The number of carboxylic acids is 1. The van der Waals surface area contributed by atoms with E-state index in [1.165, 1.54) is 21.4 Å². The molecule has 1 aliphatic rings. The van der Waals surface area contributed by atoms with E-state index in [9.17, 15) is 14.7 Å². The molecule has 180 valence electrons. The Hall–Kier alpha value is -3.58. The monoisotopic (exact) mass is 490 g/mol.